The van der Waals surface area contributed by atoms with Crippen LogP contribution in [0, 0.1) is 0 Å². The highest BCUT2D eigenvalue weighted by Crippen LogP contribution is 2.29. The molecule has 2 heterocycles. The summed E-state index contributed by atoms with van der Waals surface area (Å²) >= 11 is 0. The van der Waals surface area contributed by atoms with Gasteiger partial charge >= 0.3 is 6.09 Å². The van der Waals surface area contributed by atoms with E-state index in [4.69, 9.17) is 5.11 Å². The molecular formula is C16H11N5O2. The molecule has 23 heavy (non-hydrogen) atoms. The Kier molecular flexibility index (Phi) is 2.90. The summed E-state index contributed by atoms with van der Waals surface area (Å²) in [5.74, 6) is 0.302. The van der Waals surface area contributed by atoms with Gasteiger partial charge in [-0.2, -0.15) is 15.4 Å². The van der Waals surface area contributed by atoms with Crippen LogP contribution in [0.1, 0.15) is 0 Å². The Balaban J connectivity index is 1.83. The minimum atomic E-state index is -1.13. The number of pyridine rings is 1. The van der Waals surface area contributed by atoms with Crippen molar-refractivity contribution in [2.75, 3.05) is 5.32 Å². The molecule has 0 bridgehead atoms. The van der Waals surface area contributed by atoms with Gasteiger partial charge in [-0.3, -0.25) is 5.32 Å². The average molecular weight is 305 g/mol. The molecule has 0 spiro atoms. The molecule has 1 amide bonds. The predicted molar refractivity (Wildman–Crippen MR) is 86.3 cm³/mol. The van der Waals surface area contributed by atoms with Gasteiger partial charge in [0.2, 0.25) is 0 Å². The van der Waals surface area contributed by atoms with E-state index in [-0.39, 0.29) is 0 Å². The van der Waals surface area contributed by atoms with Gasteiger partial charge in [0.15, 0.2) is 0 Å². The lowest BCUT2D eigenvalue weighted by Crippen LogP contribution is -2.08. The molecule has 112 valence electrons. The summed E-state index contributed by atoms with van der Waals surface area (Å²) < 4.78 is 0. The monoisotopic (exact) mass is 305 g/mol. The lowest BCUT2D eigenvalue weighted by atomic mass is 10.0. The van der Waals surface area contributed by atoms with Crippen LogP contribution in [0.2, 0.25) is 0 Å². The van der Waals surface area contributed by atoms with Crippen LogP contribution in [-0.2, 0) is 0 Å². The van der Waals surface area contributed by atoms with Crippen LogP contribution in [0.4, 0.5) is 10.6 Å². The van der Waals surface area contributed by atoms with Crippen LogP contribution in [0.3, 0.4) is 0 Å². The number of amides is 1. The molecule has 7 nitrogen and oxygen atoms in total. The van der Waals surface area contributed by atoms with E-state index in [2.05, 4.69) is 25.7 Å². The van der Waals surface area contributed by atoms with Crippen LogP contribution < -0.4 is 5.32 Å². The molecule has 0 aliphatic carbocycles. The number of aromatic amines is 1. The Bertz CT molecular complexity index is 1040. The fourth-order valence-electron chi connectivity index (χ4n) is 2.59. The summed E-state index contributed by atoms with van der Waals surface area (Å²) in [6, 6.07) is 13.4. The largest absolute Gasteiger partial charge is 0.465 e. The van der Waals surface area contributed by atoms with Crippen LogP contribution in [-0.4, -0.2) is 31.6 Å². The lowest BCUT2D eigenvalue weighted by Gasteiger charge is -2.06. The minimum absolute atomic E-state index is 0.302. The fraction of sp³-hybridized carbons (Fsp3) is 0. The number of H-pyrrole nitrogens is 1. The van der Waals surface area contributed by atoms with Crippen LogP contribution >= 0.6 is 0 Å². The molecule has 0 fully saturated rings. The molecule has 0 saturated carbocycles. The van der Waals surface area contributed by atoms with E-state index >= 15 is 0 Å². The SMILES string of the molecule is O=C(O)Nc1cc2ccc(-c3cccc4n[nH]nc34)cc2cn1. The van der Waals surface area contributed by atoms with E-state index in [0.29, 0.717) is 5.82 Å². The van der Waals surface area contributed by atoms with E-state index in [9.17, 15) is 4.79 Å². The first-order valence-electron chi connectivity index (χ1n) is 6.90. The highest BCUT2D eigenvalue weighted by atomic mass is 16.4. The van der Waals surface area contributed by atoms with E-state index in [1.165, 1.54) is 0 Å². The summed E-state index contributed by atoms with van der Waals surface area (Å²) in [6.45, 7) is 0. The number of hydrogen-bond acceptors (Lipinski definition) is 4. The first-order chi connectivity index (χ1) is 11.2. The predicted octanol–water partition coefficient (Wildman–Crippen LogP) is 3.26. The van der Waals surface area contributed by atoms with Crippen molar-refractivity contribution >= 4 is 33.7 Å². The van der Waals surface area contributed by atoms with Gasteiger partial charge in [0.25, 0.3) is 0 Å². The average Bonchev–Trinajstić information content (AvgIpc) is 3.02. The van der Waals surface area contributed by atoms with Crippen molar-refractivity contribution in [3.8, 4) is 11.1 Å². The molecule has 0 atom stereocenters. The fourth-order valence-corrected chi connectivity index (χ4v) is 2.59. The van der Waals surface area contributed by atoms with Gasteiger partial charge in [-0.15, -0.1) is 0 Å². The number of rotatable bonds is 2. The summed E-state index contributed by atoms with van der Waals surface area (Å²) in [5, 5.41) is 23.7. The van der Waals surface area contributed by atoms with E-state index in [0.717, 1.165) is 32.9 Å². The molecular weight excluding hydrogens is 294 g/mol. The number of nitrogens with one attached hydrogen (secondary N) is 2. The zero-order valence-electron chi connectivity index (χ0n) is 11.8. The van der Waals surface area contributed by atoms with Crippen LogP contribution in [0.25, 0.3) is 32.9 Å². The lowest BCUT2D eigenvalue weighted by molar-refractivity contribution is 0.209. The second-order valence-corrected chi connectivity index (χ2v) is 5.06. The molecule has 4 rings (SSSR count). The second kappa shape index (κ2) is 5.06. The number of anilines is 1. The maximum Gasteiger partial charge on any atom is 0.410 e. The van der Waals surface area contributed by atoms with Crippen molar-refractivity contribution in [2.24, 2.45) is 0 Å². The number of para-hydroxylation sites is 1. The van der Waals surface area contributed by atoms with Crippen molar-refractivity contribution < 1.29 is 9.90 Å². The Morgan fingerprint density at radius 2 is 2.00 bits per heavy atom. The van der Waals surface area contributed by atoms with E-state index in [1.807, 2.05) is 36.4 Å². The van der Waals surface area contributed by atoms with E-state index in [1.54, 1.807) is 12.3 Å². The van der Waals surface area contributed by atoms with Gasteiger partial charge in [-0.25, -0.2) is 9.78 Å². The third-order valence-electron chi connectivity index (χ3n) is 3.61. The van der Waals surface area contributed by atoms with Gasteiger partial charge in [0, 0.05) is 17.1 Å². The first kappa shape index (κ1) is 13.2. The van der Waals surface area contributed by atoms with Crippen molar-refractivity contribution in [2.45, 2.75) is 0 Å². The summed E-state index contributed by atoms with van der Waals surface area (Å²) in [7, 11) is 0. The number of carbonyl (C=O) groups is 1. The number of nitrogens with zero attached hydrogens (tertiary/aromatic N) is 3. The topological polar surface area (TPSA) is 104 Å². The summed E-state index contributed by atoms with van der Waals surface area (Å²) in [4.78, 5) is 14.8. The highest BCUT2D eigenvalue weighted by Gasteiger charge is 2.08. The maximum atomic E-state index is 10.7. The van der Waals surface area contributed by atoms with Gasteiger partial charge in [-0.05, 0) is 29.1 Å². The third kappa shape index (κ3) is 2.34. The molecule has 2 aromatic carbocycles. The molecule has 3 N–H and O–H groups in total. The maximum absolute atomic E-state index is 10.7. The molecule has 0 radical (unpaired) electrons. The normalized spacial score (nSPS) is 11.0. The molecule has 4 aromatic rings. The number of carboxylic acid groups (broad SMARTS) is 1. The van der Waals surface area contributed by atoms with Crippen molar-refractivity contribution in [3.05, 3.63) is 48.7 Å². The number of fused-ring (bicyclic) bond motifs is 2. The van der Waals surface area contributed by atoms with Gasteiger partial charge < -0.3 is 5.11 Å². The smallest absolute Gasteiger partial charge is 0.410 e. The zero-order chi connectivity index (χ0) is 15.8. The molecule has 0 aliphatic heterocycles. The Morgan fingerprint density at radius 3 is 2.87 bits per heavy atom. The van der Waals surface area contributed by atoms with Crippen molar-refractivity contribution in [1.82, 2.24) is 20.4 Å². The molecule has 0 unspecified atom stereocenters. The number of hydrogen-bond donors (Lipinski definition) is 3. The van der Waals surface area contributed by atoms with Crippen molar-refractivity contribution in [3.63, 3.8) is 0 Å². The Hall–Kier alpha value is -3.48. The quantitative estimate of drug-likeness (QED) is 0.527. The zero-order valence-corrected chi connectivity index (χ0v) is 11.8. The first-order valence-corrected chi connectivity index (χ1v) is 6.90. The summed E-state index contributed by atoms with van der Waals surface area (Å²) in [6.07, 6.45) is 0.513. The Morgan fingerprint density at radius 1 is 1.09 bits per heavy atom. The summed E-state index contributed by atoms with van der Waals surface area (Å²) in [5.41, 5.74) is 3.59. The Labute approximate surface area is 130 Å². The third-order valence-corrected chi connectivity index (χ3v) is 3.61. The van der Waals surface area contributed by atoms with Crippen LogP contribution in [0.5, 0.6) is 0 Å². The van der Waals surface area contributed by atoms with Gasteiger partial charge in [0.05, 0.1) is 0 Å². The molecule has 7 heteroatoms. The second-order valence-electron chi connectivity index (χ2n) is 5.06. The van der Waals surface area contributed by atoms with Crippen LogP contribution in [0.15, 0.2) is 48.7 Å². The molecule has 2 aromatic heterocycles. The minimum Gasteiger partial charge on any atom is -0.465 e. The molecule has 0 aliphatic rings. The van der Waals surface area contributed by atoms with E-state index < -0.39 is 6.09 Å². The number of benzene rings is 2. The highest BCUT2D eigenvalue weighted by molar-refractivity contribution is 5.96. The number of aromatic nitrogens is 4. The van der Waals surface area contributed by atoms with Gasteiger partial charge in [-0.1, -0.05) is 24.3 Å². The molecule has 0 saturated heterocycles. The van der Waals surface area contributed by atoms with Crippen molar-refractivity contribution in [1.29, 1.82) is 0 Å². The van der Waals surface area contributed by atoms with Gasteiger partial charge in [0.1, 0.15) is 16.9 Å². The standard InChI is InChI=1S/C16H11N5O2/c22-16(23)18-14-7-9-4-5-10(6-11(9)8-17-14)12-2-1-3-13-15(12)20-21-19-13/h1-8H,(H,17,18)(H,22,23)(H,19,20,21).